The number of hydrogen-bond donors (Lipinski definition) is 2. The van der Waals surface area contributed by atoms with E-state index in [1.165, 1.54) is 0 Å². The normalized spacial score (nSPS) is 10.5. The highest BCUT2D eigenvalue weighted by atomic mass is 16.3. The van der Waals surface area contributed by atoms with Gasteiger partial charge in [0.15, 0.2) is 0 Å². The molecule has 0 amide bonds. The molecule has 0 unspecified atom stereocenters. The van der Waals surface area contributed by atoms with Crippen LogP contribution in [0.4, 0.5) is 5.95 Å². The highest BCUT2D eigenvalue weighted by Crippen LogP contribution is 2.06. The second-order valence-corrected chi connectivity index (χ2v) is 3.27. The molecule has 1 aromatic heterocycles. The van der Waals surface area contributed by atoms with Crippen LogP contribution in [-0.4, -0.2) is 19.9 Å². The van der Waals surface area contributed by atoms with E-state index in [2.05, 4.69) is 10.1 Å². The highest BCUT2D eigenvalue weighted by molar-refractivity contribution is 5.22. The molecule has 2 aromatic rings. The Hall–Kier alpha value is -1.88. The minimum Gasteiger partial charge on any atom is -0.392 e. The molecule has 0 saturated heterocycles. The largest absolute Gasteiger partial charge is 0.392 e. The maximum absolute atomic E-state index is 8.88. The number of nitrogens with zero attached hydrogens (tertiary/aromatic N) is 3. The first-order chi connectivity index (χ1) is 7.28. The van der Waals surface area contributed by atoms with Gasteiger partial charge in [0, 0.05) is 0 Å². The summed E-state index contributed by atoms with van der Waals surface area (Å²) in [5, 5.41) is 12.9. The molecule has 2 rings (SSSR count). The zero-order chi connectivity index (χ0) is 10.7. The SMILES string of the molecule is Nc1ncn(Cc2ccc(CO)cc2)n1. The van der Waals surface area contributed by atoms with Crippen molar-refractivity contribution in [2.24, 2.45) is 0 Å². The Kier molecular flexibility index (Phi) is 2.64. The van der Waals surface area contributed by atoms with Gasteiger partial charge in [-0.2, -0.15) is 0 Å². The molecular formula is C10H12N4O. The minimum atomic E-state index is 0.0660. The Morgan fingerprint density at radius 2 is 1.87 bits per heavy atom. The van der Waals surface area contributed by atoms with Crippen LogP contribution in [-0.2, 0) is 13.2 Å². The van der Waals surface area contributed by atoms with Crippen LogP contribution in [0.2, 0.25) is 0 Å². The smallest absolute Gasteiger partial charge is 0.239 e. The Morgan fingerprint density at radius 3 is 2.40 bits per heavy atom. The Labute approximate surface area is 87.2 Å². The van der Waals surface area contributed by atoms with Crippen LogP contribution in [0.3, 0.4) is 0 Å². The molecule has 0 fully saturated rings. The number of benzene rings is 1. The molecule has 0 aliphatic rings. The summed E-state index contributed by atoms with van der Waals surface area (Å²) in [5.74, 6) is 0.280. The summed E-state index contributed by atoms with van der Waals surface area (Å²) < 4.78 is 1.67. The first kappa shape index (κ1) is 9.67. The summed E-state index contributed by atoms with van der Waals surface area (Å²) in [5.41, 5.74) is 7.40. The van der Waals surface area contributed by atoms with Crippen LogP contribution >= 0.6 is 0 Å². The fraction of sp³-hybridized carbons (Fsp3) is 0.200. The van der Waals surface area contributed by atoms with E-state index in [0.29, 0.717) is 6.54 Å². The molecule has 0 atom stereocenters. The summed E-state index contributed by atoms with van der Waals surface area (Å²) in [7, 11) is 0. The third kappa shape index (κ3) is 2.32. The minimum absolute atomic E-state index is 0.0660. The van der Waals surface area contributed by atoms with Gasteiger partial charge in [-0.15, -0.1) is 5.10 Å². The number of anilines is 1. The van der Waals surface area contributed by atoms with E-state index in [4.69, 9.17) is 10.8 Å². The van der Waals surface area contributed by atoms with Gasteiger partial charge >= 0.3 is 0 Å². The first-order valence-corrected chi connectivity index (χ1v) is 4.61. The quantitative estimate of drug-likeness (QED) is 0.758. The van der Waals surface area contributed by atoms with Crippen molar-refractivity contribution in [3.05, 3.63) is 41.7 Å². The predicted molar refractivity (Wildman–Crippen MR) is 55.9 cm³/mol. The lowest BCUT2D eigenvalue weighted by Crippen LogP contribution is -2.01. The van der Waals surface area contributed by atoms with Gasteiger partial charge in [-0.05, 0) is 11.1 Å². The van der Waals surface area contributed by atoms with Gasteiger partial charge in [-0.25, -0.2) is 9.67 Å². The van der Waals surface area contributed by atoms with Crippen LogP contribution in [0, 0.1) is 0 Å². The second kappa shape index (κ2) is 4.10. The predicted octanol–water partition coefficient (Wildman–Crippen LogP) is 0.401. The number of aromatic nitrogens is 3. The summed E-state index contributed by atoms with van der Waals surface area (Å²) in [6, 6.07) is 7.66. The van der Waals surface area contributed by atoms with Crippen molar-refractivity contribution in [1.29, 1.82) is 0 Å². The average molecular weight is 204 g/mol. The van der Waals surface area contributed by atoms with Gasteiger partial charge in [0.2, 0.25) is 5.95 Å². The van der Waals surface area contributed by atoms with Gasteiger partial charge in [0.05, 0.1) is 13.2 Å². The molecule has 0 bridgehead atoms. The van der Waals surface area contributed by atoms with E-state index >= 15 is 0 Å². The molecule has 0 aliphatic heterocycles. The Balaban J connectivity index is 2.11. The van der Waals surface area contributed by atoms with E-state index < -0.39 is 0 Å². The molecule has 0 aliphatic carbocycles. The molecule has 3 N–H and O–H groups in total. The summed E-state index contributed by atoms with van der Waals surface area (Å²) >= 11 is 0. The number of hydrogen-bond acceptors (Lipinski definition) is 4. The third-order valence-electron chi connectivity index (χ3n) is 2.10. The monoisotopic (exact) mass is 204 g/mol. The van der Waals surface area contributed by atoms with Crippen molar-refractivity contribution in [3.63, 3.8) is 0 Å². The summed E-state index contributed by atoms with van der Waals surface area (Å²) in [4.78, 5) is 3.84. The van der Waals surface area contributed by atoms with Crippen molar-refractivity contribution in [3.8, 4) is 0 Å². The molecule has 1 heterocycles. The van der Waals surface area contributed by atoms with Gasteiger partial charge in [-0.3, -0.25) is 0 Å². The lowest BCUT2D eigenvalue weighted by Gasteiger charge is -2.01. The standard InChI is InChI=1S/C10H12N4O/c11-10-12-7-14(13-10)5-8-1-3-9(6-15)4-2-8/h1-4,7,15H,5-6H2,(H2,11,13). The molecule has 5 heteroatoms. The molecule has 5 nitrogen and oxygen atoms in total. The van der Waals surface area contributed by atoms with Gasteiger partial charge < -0.3 is 10.8 Å². The number of rotatable bonds is 3. The van der Waals surface area contributed by atoms with Crippen LogP contribution < -0.4 is 5.73 Å². The summed E-state index contributed by atoms with van der Waals surface area (Å²) in [6.07, 6.45) is 1.59. The van der Waals surface area contributed by atoms with E-state index in [1.54, 1.807) is 11.0 Å². The van der Waals surface area contributed by atoms with Gasteiger partial charge in [0.1, 0.15) is 6.33 Å². The van der Waals surface area contributed by atoms with Gasteiger partial charge in [0.25, 0.3) is 0 Å². The van der Waals surface area contributed by atoms with E-state index in [1.807, 2.05) is 24.3 Å². The molecular weight excluding hydrogens is 192 g/mol. The molecule has 1 aromatic carbocycles. The van der Waals surface area contributed by atoms with Crippen molar-refractivity contribution < 1.29 is 5.11 Å². The van der Waals surface area contributed by atoms with Crippen LogP contribution in [0.1, 0.15) is 11.1 Å². The lowest BCUT2D eigenvalue weighted by molar-refractivity contribution is 0.282. The van der Waals surface area contributed by atoms with Crippen molar-refractivity contribution in [2.45, 2.75) is 13.2 Å². The number of nitrogen functional groups attached to an aromatic ring is 1. The molecule has 0 saturated carbocycles. The second-order valence-electron chi connectivity index (χ2n) is 3.27. The molecule has 0 radical (unpaired) electrons. The van der Waals surface area contributed by atoms with E-state index in [-0.39, 0.29) is 12.6 Å². The van der Waals surface area contributed by atoms with Crippen LogP contribution in [0.15, 0.2) is 30.6 Å². The van der Waals surface area contributed by atoms with Crippen LogP contribution in [0.25, 0.3) is 0 Å². The molecule has 15 heavy (non-hydrogen) atoms. The Bertz CT molecular complexity index is 435. The Morgan fingerprint density at radius 1 is 1.20 bits per heavy atom. The van der Waals surface area contributed by atoms with E-state index in [9.17, 15) is 0 Å². The van der Waals surface area contributed by atoms with Crippen molar-refractivity contribution in [1.82, 2.24) is 14.8 Å². The number of nitrogens with two attached hydrogens (primary N) is 1. The maximum atomic E-state index is 8.88. The van der Waals surface area contributed by atoms with Gasteiger partial charge in [-0.1, -0.05) is 24.3 Å². The van der Waals surface area contributed by atoms with Crippen molar-refractivity contribution in [2.75, 3.05) is 5.73 Å². The third-order valence-corrected chi connectivity index (χ3v) is 2.10. The lowest BCUT2D eigenvalue weighted by atomic mass is 10.1. The number of aliphatic hydroxyl groups is 1. The molecule has 78 valence electrons. The maximum Gasteiger partial charge on any atom is 0.239 e. The fourth-order valence-corrected chi connectivity index (χ4v) is 1.32. The fourth-order valence-electron chi connectivity index (χ4n) is 1.32. The molecule has 0 spiro atoms. The zero-order valence-electron chi connectivity index (χ0n) is 8.17. The topological polar surface area (TPSA) is 77.0 Å². The summed E-state index contributed by atoms with van der Waals surface area (Å²) in [6.45, 7) is 0.701. The zero-order valence-corrected chi connectivity index (χ0v) is 8.17. The first-order valence-electron chi connectivity index (χ1n) is 4.61. The highest BCUT2D eigenvalue weighted by Gasteiger charge is 1.98. The number of aliphatic hydroxyl groups excluding tert-OH is 1. The van der Waals surface area contributed by atoms with E-state index in [0.717, 1.165) is 11.1 Å². The van der Waals surface area contributed by atoms with Crippen molar-refractivity contribution >= 4 is 5.95 Å². The average Bonchev–Trinajstić information content (AvgIpc) is 2.65. The van der Waals surface area contributed by atoms with Crippen LogP contribution in [0.5, 0.6) is 0 Å².